The van der Waals surface area contributed by atoms with Gasteiger partial charge in [-0.05, 0) is 73.8 Å². The Hall–Kier alpha value is -3.20. The van der Waals surface area contributed by atoms with E-state index < -0.39 is 12.6 Å². The van der Waals surface area contributed by atoms with Crippen LogP contribution in [0.4, 0.5) is 19.0 Å². The third kappa shape index (κ3) is 4.86. The molecule has 0 unspecified atom stereocenters. The molecular formula is C30H32F3N7S. The van der Waals surface area contributed by atoms with E-state index in [1.54, 1.807) is 6.07 Å². The number of nitrogens with zero attached hydrogens (tertiary/aromatic N) is 5. The van der Waals surface area contributed by atoms with Crippen molar-refractivity contribution in [3.8, 4) is 6.07 Å². The molecule has 4 aliphatic rings. The van der Waals surface area contributed by atoms with Gasteiger partial charge in [0.05, 0.1) is 11.8 Å². The van der Waals surface area contributed by atoms with Gasteiger partial charge in [0.1, 0.15) is 28.7 Å². The molecule has 0 spiro atoms. The molecule has 1 saturated heterocycles. The molecule has 3 N–H and O–H groups in total. The Morgan fingerprint density at radius 1 is 1.15 bits per heavy atom. The van der Waals surface area contributed by atoms with Gasteiger partial charge in [0, 0.05) is 53.5 Å². The molecule has 4 aromatic rings. The number of rotatable bonds is 7. The molecule has 1 aliphatic heterocycles. The summed E-state index contributed by atoms with van der Waals surface area (Å²) >= 11 is 1.07. The van der Waals surface area contributed by atoms with Gasteiger partial charge in [-0.15, -0.1) is 11.3 Å². The molecule has 3 saturated carbocycles. The van der Waals surface area contributed by atoms with Gasteiger partial charge < -0.3 is 15.6 Å². The van der Waals surface area contributed by atoms with Gasteiger partial charge in [0.15, 0.2) is 0 Å². The Morgan fingerprint density at radius 2 is 1.90 bits per heavy atom. The summed E-state index contributed by atoms with van der Waals surface area (Å²) in [6, 6.07) is 10.6. The zero-order valence-electron chi connectivity index (χ0n) is 22.9. The average molecular weight is 580 g/mol. The highest BCUT2D eigenvalue weighted by atomic mass is 32.1. The van der Waals surface area contributed by atoms with Crippen LogP contribution in [0.1, 0.15) is 53.8 Å². The van der Waals surface area contributed by atoms with Crippen LogP contribution in [0.25, 0.3) is 21.1 Å². The lowest BCUT2D eigenvalue weighted by molar-refractivity contribution is -0.141. The summed E-state index contributed by atoms with van der Waals surface area (Å²) in [5.41, 5.74) is 10.9. The number of hydrogen-bond donors (Lipinski definition) is 2. The summed E-state index contributed by atoms with van der Waals surface area (Å²) in [6.45, 7) is 5.66. The summed E-state index contributed by atoms with van der Waals surface area (Å²) in [4.78, 5) is 11.8. The lowest BCUT2D eigenvalue weighted by atomic mass is 9.40. The van der Waals surface area contributed by atoms with E-state index in [9.17, 15) is 18.4 Å². The van der Waals surface area contributed by atoms with E-state index in [2.05, 4.69) is 49.9 Å². The number of nitrogens with one attached hydrogen (secondary N) is 1. The number of alkyl halides is 3. The SMILES string of the molecule is Cc1c(CN2CCC(Nc3ncnc4sc(CC(F)(F)F)cc34)CC2)ccc2c1cc(C#N)n2CC12CC(N)(C1)C2. The molecule has 4 heterocycles. The van der Waals surface area contributed by atoms with Gasteiger partial charge in [-0.25, -0.2) is 9.97 Å². The lowest BCUT2D eigenvalue weighted by Crippen LogP contribution is -2.73. The van der Waals surface area contributed by atoms with Gasteiger partial charge in [-0.3, -0.25) is 4.90 Å². The molecule has 0 amide bonds. The standard InChI is InChI=1S/C30H32F3N7S/c1-18-19(2-3-25-23(18)8-21(11-34)40(25)16-28-13-29(35,14-28)15-28)12-39-6-4-20(5-7-39)38-26-24-9-22(10-30(31,32)33)41-27(24)37-17-36-26/h2-3,8-9,17,20H,4-7,10,12-16,35H2,1H3,(H,36,37,38). The lowest BCUT2D eigenvalue weighted by Gasteiger charge is -2.69. The summed E-state index contributed by atoms with van der Waals surface area (Å²) in [5, 5.41) is 15.1. The maximum Gasteiger partial charge on any atom is 0.393 e. The van der Waals surface area contributed by atoms with Crippen molar-refractivity contribution >= 4 is 38.3 Å². The molecule has 11 heteroatoms. The monoisotopic (exact) mass is 579 g/mol. The molecule has 0 atom stereocenters. The first-order valence-corrected chi connectivity index (χ1v) is 14.9. The van der Waals surface area contributed by atoms with E-state index in [-0.39, 0.29) is 21.9 Å². The number of anilines is 1. The van der Waals surface area contributed by atoms with E-state index in [4.69, 9.17) is 5.73 Å². The third-order valence-electron chi connectivity index (χ3n) is 9.33. The largest absolute Gasteiger partial charge is 0.393 e. The summed E-state index contributed by atoms with van der Waals surface area (Å²) in [6.07, 6.45) is 1.21. The zero-order valence-corrected chi connectivity index (χ0v) is 23.7. The molecule has 2 bridgehead atoms. The number of aromatic nitrogens is 3. The second-order valence-corrected chi connectivity index (χ2v) is 13.7. The third-order valence-corrected chi connectivity index (χ3v) is 10.4. The maximum atomic E-state index is 12.9. The number of benzene rings is 1. The number of fused-ring (bicyclic) bond motifs is 2. The van der Waals surface area contributed by atoms with Crippen molar-refractivity contribution in [2.45, 2.75) is 76.3 Å². The first-order valence-electron chi connectivity index (χ1n) is 14.1. The highest BCUT2D eigenvalue weighted by Gasteiger charge is 2.65. The normalized spacial score (nSPS) is 24.8. The Bertz CT molecular complexity index is 1670. The van der Waals surface area contributed by atoms with Crippen LogP contribution in [0.3, 0.4) is 0 Å². The Morgan fingerprint density at radius 3 is 2.59 bits per heavy atom. The van der Waals surface area contributed by atoms with Crippen LogP contribution in [0.2, 0.25) is 0 Å². The highest BCUT2D eigenvalue weighted by molar-refractivity contribution is 7.18. The van der Waals surface area contributed by atoms with Crippen LogP contribution in [-0.4, -0.2) is 50.3 Å². The van der Waals surface area contributed by atoms with Crippen molar-refractivity contribution < 1.29 is 13.2 Å². The van der Waals surface area contributed by atoms with Crippen molar-refractivity contribution in [1.82, 2.24) is 19.4 Å². The van der Waals surface area contributed by atoms with Gasteiger partial charge in [-0.2, -0.15) is 18.4 Å². The van der Waals surface area contributed by atoms with Crippen molar-refractivity contribution in [3.05, 3.63) is 52.3 Å². The van der Waals surface area contributed by atoms with Crippen molar-refractivity contribution in [2.24, 2.45) is 11.1 Å². The first-order chi connectivity index (χ1) is 19.5. The Labute approximate surface area is 240 Å². The number of aryl methyl sites for hydroxylation is 1. The Balaban J connectivity index is 1.01. The second kappa shape index (κ2) is 9.41. The fraction of sp³-hybridized carbons (Fsp3) is 0.500. The topological polar surface area (TPSA) is 95.8 Å². The highest BCUT2D eigenvalue weighted by Crippen LogP contribution is 2.66. The second-order valence-electron chi connectivity index (χ2n) is 12.5. The molecule has 214 valence electrons. The number of thiophene rings is 1. The molecule has 3 aromatic heterocycles. The first kappa shape index (κ1) is 26.7. The molecular weight excluding hydrogens is 547 g/mol. The van der Waals surface area contributed by atoms with Gasteiger partial charge in [-0.1, -0.05) is 6.07 Å². The quantitative estimate of drug-likeness (QED) is 0.284. The number of likely N-dealkylation sites (tertiary alicyclic amines) is 1. The molecule has 3 aliphatic carbocycles. The fourth-order valence-electron chi connectivity index (χ4n) is 7.52. The number of nitrogens with two attached hydrogens (primary N) is 1. The minimum Gasteiger partial charge on any atom is -0.367 e. The van der Waals surface area contributed by atoms with Crippen LogP contribution < -0.4 is 11.1 Å². The number of piperidine rings is 1. The average Bonchev–Trinajstić information content (AvgIpc) is 3.45. The maximum absolute atomic E-state index is 12.9. The van der Waals surface area contributed by atoms with E-state index >= 15 is 0 Å². The van der Waals surface area contributed by atoms with Crippen molar-refractivity contribution in [2.75, 3.05) is 18.4 Å². The molecule has 7 nitrogen and oxygen atoms in total. The van der Waals surface area contributed by atoms with Gasteiger partial charge >= 0.3 is 6.18 Å². The van der Waals surface area contributed by atoms with Crippen molar-refractivity contribution in [1.29, 1.82) is 5.26 Å². The number of halogens is 3. The van der Waals surface area contributed by atoms with Gasteiger partial charge in [0.2, 0.25) is 0 Å². The fourth-order valence-corrected chi connectivity index (χ4v) is 8.55. The summed E-state index contributed by atoms with van der Waals surface area (Å²) < 4.78 is 40.9. The molecule has 41 heavy (non-hydrogen) atoms. The number of hydrogen-bond acceptors (Lipinski definition) is 7. The van der Waals surface area contributed by atoms with E-state index in [1.165, 1.54) is 17.5 Å². The predicted molar refractivity (Wildman–Crippen MR) is 154 cm³/mol. The predicted octanol–water partition coefficient (Wildman–Crippen LogP) is 5.89. The number of nitriles is 1. The van der Waals surface area contributed by atoms with E-state index in [0.29, 0.717) is 16.0 Å². The van der Waals surface area contributed by atoms with Crippen LogP contribution in [-0.2, 0) is 19.5 Å². The van der Waals surface area contributed by atoms with Crippen LogP contribution in [0.15, 0.2) is 30.6 Å². The van der Waals surface area contributed by atoms with Crippen LogP contribution >= 0.6 is 11.3 Å². The minimum atomic E-state index is -4.25. The molecule has 1 aromatic carbocycles. The van der Waals surface area contributed by atoms with Crippen molar-refractivity contribution in [3.63, 3.8) is 0 Å². The minimum absolute atomic E-state index is 0.0485. The summed E-state index contributed by atoms with van der Waals surface area (Å²) in [5.74, 6) is 0.609. The van der Waals surface area contributed by atoms with Crippen LogP contribution in [0, 0.1) is 23.7 Å². The Kier molecular flexibility index (Phi) is 6.12. The molecule has 0 radical (unpaired) electrons. The smallest absolute Gasteiger partial charge is 0.367 e. The zero-order chi connectivity index (χ0) is 28.6. The van der Waals surface area contributed by atoms with E-state index in [0.717, 1.165) is 86.2 Å². The van der Waals surface area contributed by atoms with Crippen LogP contribution in [0.5, 0.6) is 0 Å². The summed E-state index contributed by atoms with van der Waals surface area (Å²) in [7, 11) is 0. The molecule has 8 rings (SSSR count). The van der Waals surface area contributed by atoms with E-state index in [1.807, 2.05) is 6.07 Å². The molecule has 4 fully saturated rings. The van der Waals surface area contributed by atoms with Gasteiger partial charge in [0.25, 0.3) is 0 Å².